The van der Waals surface area contributed by atoms with Gasteiger partial charge in [-0.05, 0) is 42.7 Å². The molecule has 1 aromatic rings. The molecule has 1 amide bonds. The first kappa shape index (κ1) is 24.7. The van der Waals surface area contributed by atoms with Gasteiger partial charge < -0.3 is 15.1 Å². The number of nitrogens with zero attached hydrogens (tertiary/aromatic N) is 1. The second-order valence-corrected chi connectivity index (χ2v) is 8.43. The summed E-state index contributed by atoms with van der Waals surface area (Å²) in [7, 11) is 0. The number of carbonyl (C=O) groups is 1. The molecule has 1 aliphatic rings. The minimum atomic E-state index is -4.79. The molecule has 0 radical (unpaired) electrons. The van der Waals surface area contributed by atoms with Crippen molar-refractivity contribution in [1.82, 2.24) is 4.90 Å². The van der Waals surface area contributed by atoms with Gasteiger partial charge >= 0.3 is 6.18 Å². The van der Waals surface area contributed by atoms with Crippen molar-refractivity contribution in [2.24, 2.45) is 0 Å². The van der Waals surface area contributed by atoms with Gasteiger partial charge in [0.15, 0.2) is 0 Å². The molecule has 1 aromatic carbocycles. The highest BCUT2D eigenvalue weighted by atomic mass is 32.2. The summed E-state index contributed by atoms with van der Waals surface area (Å²) in [6, 6.07) is 2.54. The first-order valence-corrected chi connectivity index (χ1v) is 11.1. The molecule has 2 N–H and O–H groups in total. The number of likely N-dealkylation sites (tertiary alicyclic amines) is 1. The number of benzene rings is 1. The summed E-state index contributed by atoms with van der Waals surface area (Å²) < 4.78 is 51.8. The second-order valence-electron chi connectivity index (χ2n) is 7.20. The summed E-state index contributed by atoms with van der Waals surface area (Å²) in [4.78, 5) is 13.8. The molecule has 1 heterocycles. The van der Waals surface area contributed by atoms with Gasteiger partial charge in [-0.1, -0.05) is 18.2 Å². The van der Waals surface area contributed by atoms with Crippen molar-refractivity contribution in [2.45, 2.75) is 50.4 Å². The van der Waals surface area contributed by atoms with Gasteiger partial charge in [-0.3, -0.25) is 4.79 Å². The molecule has 2 rings (SSSR count). The Bertz CT molecular complexity index is 727. The first-order valence-electron chi connectivity index (χ1n) is 9.92. The zero-order valence-corrected chi connectivity index (χ0v) is 17.4. The van der Waals surface area contributed by atoms with Gasteiger partial charge in [0.1, 0.15) is 5.82 Å². The Morgan fingerprint density at radius 1 is 1.27 bits per heavy atom. The van der Waals surface area contributed by atoms with Crippen molar-refractivity contribution in [3.63, 3.8) is 0 Å². The summed E-state index contributed by atoms with van der Waals surface area (Å²) in [5, 5.41) is 19.0. The quantitative estimate of drug-likeness (QED) is 0.307. The van der Waals surface area contributed by atoms with Crippen molar-refractivity contribution < 1.29 is 32.6 Å². The molecule has 30 heavy (non-hydrogen) atoms. The van der Waals surface area contributed by atoms with Crippen LogP contribution < -0.4 is 0 Å². The maximum Gasteiger partial charge on any atom is 0.419 e. The summed E-state index contributed by atoms with van der Waals surface area (Å²) in [5.74, 6) is 0.397. The van der Waals surface area contributed by atoms with Gasteiger partial charge in [-0.2, -0.15) is 24.9 Å². The summed E-state index contributed by atoms with van der Waals surface area (Å²) >= 11 is 1.71. The molecule has 0 spiro atoms. The third-order valence-electron chi connectivity index (χ3n) is 4.88. The molecule has 1 saturated heterocycles. The molecule has 4 nitrogen and oxygen atoms in total. The van der Waals surface area contributed by atoms with Crippen molar-refractivity contribution >= 4 is 17.7 Å². The van der Waals surface area contributed by atoms with E-state index in [0.29, 0.717) is 25.5 Å². The number of carbonyl (C=O) groups excluding carboxylic acids is 1. The number of unbranched alkanes of at least 4 members (excludes halogenated alkanes) is 1. The molecule has 0 aliphatic carbocycles. The van der Waals surface area contributed by atoms with Crippen LogP contribution in [-0.4, -0.2) is 57.8 Å². The molecule has 168 valence electrons. The van der Waals surface area contributed by atoms with Crippen LogP contribution in [0.15, 0.2) is 30.4 Å². The predicted molar refractivity (Wildman–Crippen MR) is 109 cm³/mol. The fraction of sp³-hybridized carbons (Fsp3) is 0.571. The second kappa shape index (κ2) is 11.7. The molecule has 2 atom stereocenters. The van der Waals surface area contributed by atoms with Crippen LogP contribution in [0.4, 0.5) is 17.6 Å². The molecule has 0 bridgehead atoms. The molecule has 1 aliphatic heterocycles. The number of halogens is 4. The van der Waals surface area contributed by atoms with Crippen molar-refractivity contribution in [3.05, 3.63) is 47.3 Å². The number of amides is 1. The van der Waals surface area contributed by atoms with Gasteiger partial charge in [0, 0.05) is 31.7 Å². The van der Waals surface area contributed by atoms with Crippen LogP contribution in [0.3, 0.4) is 0 Å². The van der Waals surface area contributed by atoms with E-state index in [2.05, 4.69) is 0 Å². The normalized spacial score (nSPS) is 18.5. The Labute approximate surface area is 178 Å². The van der Waals surface area contributed by atoms with Gasteiger partial charge in [-0.15, -0.1) is 0 Å². The van der Waals surface area contributed by atoms with Crippen LogP contribution in [-0.2, 0) is 17.4 Å². The van der Waals surface area contributed by atoms with E-state index in [0.717, 1.165) is 30.4 Å². The zero-order chi connectivity index (χ0) is 22.1. The van der Waals surface area contributed by atoms with E-state index >= 15 is 0 Å². The molecule has 1 fully saturated rings. The lowest BCUT2D eigenvalue weighted by molar-refractivity contribution is -0.140. The maximum absolute atomic E-state index is 13.4. The number of hydrogen-bond acceptors (Lipinski definition) is 4. The maximum atomic E-state index is 13.4. The fourth-order valence-corrected chi connectivity index (χ4v) is 4.25. The van der Waals surface area contributed by atoms with Gasteiger partial charge in [0.2, 0.25) is 5.91 Å². The molecule has 0 unspecified atom stereocenters. The van der Waals surface area contributed by atoms with E-state index in [1.807, 2.05) is 0 Å². The number of thioether (sulfide) groups is 1. The summed E-state index contributed by atoms with van der Waals surface area (Å²) in [6.07, 6.45) is 0.0346. The zero-order valence-electron chi connectivity index (χ0n) is 16.6. The Hall–Kier alpha value is -1.58. The number of alkyl halides is 3. The highest BCUT2D eigenvalue weighted by Crippen LogP contribution is 2.32. The first-order chi connectivity index (χ1) is 14.2. The van der Waals surface area contributed by atoms with E-state index in [1.54, 1.807) is 22.7 Å². The summed E-state index contributed by atoms with van der Waals surface area (Å²) in [6.45, 7) is 0.760. The topological polar surface area (TPSA) is 60.8 Å². The van der Waals surface area contributed by atoms with E-state index in [4.69, 9.17) is 5.11 Å². The standard InChI is InChI=1S/C21H27F4NO3S/c22-19-7-3-15(14-18(19)21(23,24)25)13-17(28)6-4-16-5-8-20(29)26(16)9-12-30-11-2-1-10-27/h3-4,6-7,14,16-17,27-28H,1-2,5,8-13H2/b6-4+/t16-,17+/m0/s1. The molecular formula is C21H27F4NO3S. The van der Waals surface area contributed by atoms with E-state index in [9.17, 15) is 27.5 Å². The Morgan fingerprint density at radius 3 is 2.73 bits per heavy atom. The lowest BCUT2D eigenvalue weighted by Crippen LogP contribution is -2.34. The third kappa shape index (κ3) is 7.59. The smallest absolute Gasteiger partial charge is 0.396 e. The highest BCUT2D eigenvalue weighted by Gasteiger charge is 2.34. The number of aliphatic hydroxyl groups excluding tert-OH is 2. The van der Waals surface area contributed by atoms with Crippen molar-refractivity contribution in [3.8, 4) is 0 Å². The van der Waals surface area contributed by atoms with Gasteiger partial charge in [0.05, 0.1) is 17.7 Å². The average molecular weight is 450 g/mol. The Balaban J connectivity index is 1.88. The van der Waals surface area contributed by atoms with Crippen LogP contribution >= 0.6 is 11.8 Å². The number of aliphatic hydroxyl groups is 2. The minimum absolute atomic E-state index is 0.0449. The Kier molecular flexibility index (Phi) is 9.64. The highest BCUT2D eigenvalue weighted by molar-refractivity contribution is 7.99. The SMILES string of the molecule is O=C1CC[C@H](/C=C/[C@@H](O)Cc2ccc(F)c(C(F)(F)F)c2)N1CCSCCCCO. The third-order valence-corrected chi connectivity index (χ3v) is 5.93. The predicted octanol–water partition coefficient (Wildman–Crippen LogP) is 3.80. The minimum Gasteiger partial charge on any atom is -0.396 e. The Morgan fingerprint density at radius 2 is 2.03 bits per heavy atom. The largest absolute Gasteiger partial charge is 0.419 e. The lowest BCUT2D eigenvalue weighted by atomic mass is 10.0. The average Bonchev–Trinajstić information content (AvgIpc) is 3.03. The van der Waals surface area contributed by atoms with Crippen molar-refractivity contribution in [2.75, 3.05) is 24.7 Å². The number of hydrogen-bond donors (Lipinski definition) is 2. The fourth-order valence-electron chi connectivity index (χ4n) is 3.31. The van der Waals surface area contributed by atoms with Gasteiger partial charge in [-0.25, -0.2) is 4.39 Å². The van der Waals surface area contributed by atoms with Crippen LogP contribution in [0.25, 0.3) is 0 Å². The van der Waals surface area contributed by atoms with Crippen LogP contribution in [0.2, 0.25) is 0 Å². The number of rotatable bonds is 11. The molecule has 9 heteroatoms. The summed E-state index contributed by atoms with van der Waals surface area (Å²) in [5.41, 5.74) is -1.17. The lowest BCUT2D eigenvalue weighted by Gasteiger charge is -2.22. The molecule has 0 saturated carbocycles. The van der Waals surface area contributed by atoms with Gasteiger partial charge in [0.25, 0.3) is 0 Å². The van der Waals surface area contributed by atoms with Crippen LogP contribution in [0, 0.1) is 5.82 Å². The monoisotopic (exact) mass is 449 g/mol. The van der Waals surface area contributed by atoms with E-state index in [1.165, 1.54) is 12.1 Å². The van der Waals surface area contributed by atoms with Crippen LogP contribution in [0.1, 0.15) is 36.8 Å². The molecule has 0 aromatic heterocycles. The van der Waals surface area contributed by atoms with Crippen molar-refractivity contribution in [1.29, 1.82) is 0 Å². The molecular weight excluding hydrogens is 422 g/mol. The van der Waals surface area contributed by atoms with E-state index in [-0.39, 0.29) is 30.5 Å². The van der Waals surface area contributed by atoms with E-state index < -0.39 is 23.7 Å². The van der Waals surface area contributed by atoms with Crippen LogP contribution in [0.5, 0.6) is 0 Å².